The fourth-order valence-corrected chi connectivity index (χ4v) is 3.92. The van der Waals surface area contributed by atoms with E-state index in [1.54, 1.807) is 0 Å². The predicted molar refractivity (Wildman–Crippen MR) is 95.7 cm³/mol. The zero-order valence-corrected chi connectivity index (χ0v) is 14.0. The Morgan fingerprint density at radius 3 is 2.61 bits per heavy atom. The largest absolute Gasteiger partial charge is 0.370 e. The number of anilines is 2. The van der Waals surface area contributed by atoms with E-state index >= 15 is 0 Å². The van der Waals surface area contributed by atoms with Gasteiger partial charge in [0.25, 0.3) is 0 Å². The maximum Gasteiger partial charge on any atom is 0.224 e. The molecule has 0 spiro atoms. The molecule has 1 saturated carbocycles. The minimum Gasteiger partial charge on any atom is -0.370 e. The first kappa shape index (κ1) is 16.3. The Morgan fingerprint density at radius 1 is 1.09 bits per heavy atom. The fraction of sp³-hybridized carbons (Fsp3) is 0.632. The molecule has 2 atom stereocenters. The SMILES string of the molecule is NC1CCCCC1CC(=O)Nc1ccccc1N1CCCCC1. The molecule has 2 fully saturated rings. The van der Waals surface area contributed by atoms with Crippen LogP contribution in [0, 0.1) is 5.92 Å². The third kappa shape index (κ3) is 4.25. The molecular weight excluding hydrogens is 286 g/mol. The molecule has 2 unspecified atom stereocenters. The molecule has 1 saturated heterocycles. The van der Waals surface area contributed by atoms with Crippen LogP contribution in [0.4, 0.5) is 11.4 Å². The fourth-order valence-electron chi connectivity index (χ4n) is 3.92. The van der Waals surface area contributed by atoms with E-state index in [0.717, 1.165) is 37.3 Å². The zero-order valence-electron chi connectivity index (χ0n) is 14.0. The van der Waals surface area contributed by atoms with Crippen molar-refractivity contribution in [1.29, 1.82) is 0 Å². The van der Waals surface area contributed by atoms with E-state index in [0.29, 0.717) is 12.3 Å². The minimum absolute atomic E-state index is 0.108. The number of piperidine rings is 1. The van der Waals surface area contributed by atoms with Crippen LogP contribution < -0.4 is 16.0 Å². The molecule has 1 aliphatic carbocycles. The Morgan fingerprint density at radius 2 is 1.83 bits per heavy atom. The summed E-state index contributed by atoms with van der Waals surface area (Å²) in [6.45, 7) is 2.17. The van der Waals surface area contributed by atoms with Crippen molar-refractivity contribution in [3.8, 4) is 0 Å². The Labute approximate surface area is 139 Å². The summed E-state index contributed by atoms with van der Waals surface area (Å²) in [6, 6.07) is 8.37. The molecule has 3 N–H and O–H groups in total. The topological polar surface area (TPSA) is 58.4 Å². The number of amides is 1. The molecule has 1 aromatic rings. The Hall–Kier alpha value is -1.55. The van der Waals surface area contributed by atoms with Crippen molar-refractivity contribution in [1.82, 2.24) is 0 Å². The molecule has 1 aliphatic heterocycles. The van der Waals surface area contributed by atoms with E-state index in [2.05, 4.69) is 22.3 Å². The van der Waals surface area contributed by atoms with Gasteiger partial charge in [-0.05, 0) is 50.2 Å². The number of para-hydroxylation sites is 2. The van der Waals surface area contributed by atoms with Crippen LogP contribution in [0.15, 0.2) is 24.3 Å². The highest BCUT2D eigenvalue weighted by Gasteiger charge is 2.24. The molecule has 23 heavy (non-hydrogen) atoms. The average molecular weight is 315 g/mol. The monoisotopic (exact) mass is 315 g/mol. The molecular formula is C19H29N3O. The van der Waals surface area contributed by atoms with Crippen LogP contribution in [0.25, 0.3) is 0 Å². The van der Waals surface area contributed by atoms with Gasteiger partial charge in [-0.25, -0.2) is 0 Å². The molecule has 1 heterocycles. The Kier molecular flexibility index (Phi) is 5.55. The summed E-state index contributed by atoms with van der Waals surface area (Å²) >= 11 is 0. The Balaban J connectivity index is 1.63. The highest BCUT2D eigenvalue weighted by molar-refractivity contribution is 5.94. The van der Waals surface area contributed by atoms with Gasteiger partial charge in [0.2, 0.25) is 5.91 Å². The zero-order chi connectivity index (χ0) is 16.1. The smallest absolute Gasteiger partial charge is 0.224 e. The molecule has 126 valence electrons. The lowest BCUT2D eigenvalue weighted by Crippen LogP contribution is -2.35. The first-order chi connectivity index (χ1) is 11.2. The quantitative estimate of drug-likeness (QED) is 0.893. The third-order valence-corrected chi connectivity index (χ3v) is 5.29. The molecule has 0 bridgehead atoms. The van der Waals surface area contributed by atoms with Crippen molar-refractivity contribution in [2.45, 2.75) is 57.4 Å². The normalized spacial score (nSPS) is 25.2. The van der Waals surface area contributed by atoms with Gasteiger partial charge in [-0.1, -0.05) is 25.0 Å². The van der Waals surface area contributed by atoms with Crippen molar-refractivity contribution in [2.75, 3.05) is 23.3 Å². The van der Waals surface area contributed by atoms with Gasteiger partial charge in [-0.15, -0.1) is 0 Å². The van der Waals surface area contributed by atoms with Gasteiger partial charge < -0.3 is 16.0 Å². The van der Waals surface area contributed by atoms with Crippen LogP contribution in [0.1, 0.15) is 51.4 Å². The van der Waals surface area contributed by atoms with Crippen LogP contribution >= 0.6 is 0 Å². The summed E-state index contributed by atoms with van der Waals surface area (Å²) in [6.07, 6.45) is 8.89. The number of nitrogens with one attached hydrogen (secondary N) is 1. The highest BCUT2D eigenvalue weighted by atomic mass is 16.1. The van der Waals surface area contributed by atoms with Gasteiger partial charge in [-0.2, -0.15) is 0 Å². The van der Waals surface area contributed by atoms with Crippen molar-refractivity contribution in [3.63, 3.8) is 0 Å². The molecule has 2 aliphatic rings. The van der Waals surface area contributed by atoms with E-state index in [9.17, 15) is 4.79 Å². The van der Waals surface area contributed by atoms with E-state index in [1.807, 2.05) is 12.1 Å². The molecule has 1 aromatic carbocycles. The number of nitrogens with two attached hydrogens (primary N) is 1. The maximum atomic E-state index is 12.5. The summed E-state index contributed by atoms with van der Waals surface area (Å²) in [7, 11) is 0. The molecule has 1 amide bonds. The van der Waals surface area contributed by atoms with Gasteiger partial charge in [0.05, 0.1) is 11.4 Å². The number of rotatable bonds is 4. The summed E-state index contributed by atoms with van der Waals surface area (Å²) in [5.41, 5.74) is 8.29. The van der Waals surface area contributed by atoms with Gasteiger partial charge in [0.15, 0.2) is 0 Å². The molecule has 0 radical (unpaired) electrons. The van der Waals surface area contributed by atoms with Crippen LogP contribution in [-0.2, 0) is 4.79 Å². The second-order valence-electron chi connectivity index (χ2n) is 7.03. The average Bonchev–Trinajstić information content (AvgIpc) is 2.58. The summed E-state index contributed by atoms with van der Waals surface area (Å²) in [4.78, 5) is 14.9. The Bertz CT molecular complexity index is 525. The summed E-state index contributed by atoms with van der Waals surface area (Å²) in [5.74, 6) is 0.447. The predicted octanol–water partition coefficient (Wildman–Crippen LogP) is 3.52. The van der Waals surface area contributed by atoms with Crippen LogP contribution in [0.5, 0.6) is 0 Å². The lowest BCUT2D eigenvalue weighted by molar-refractivity contribution is -0.117. The van der Waals surface area contributed by atoms with Crippen LogP contribution in [0.2, 0.25) is 0 Å². The van der Waals surface area contributed by atoms with E-state index < -0.39 is 0 Å². The van der Waals surface area contributed by atoms with Crippen molar-refractivity contribution in [3.05, 3.63) is 24.3 Å². The van der Waals surface area contributed by atoms with Gasteiger partial charge in [0, 0.05) is 25.6 Å². The van der Waals surface area contributed by atoms with Gasteiger partial charge in [0.1, 0.15) is 0 Å². The van der Waals surface area contributed by atoms with E-state index in [1.165, 1.54) is 32.1 Å². The maximum absolute atomic E-state index is 12.5. The standard InChI is InChI=1S/C19H29N3O/c20-16-9-3-2-8-15(16)14-19(23)21-17-10-4-5-11-18(17)22-12-6-1-7-13-22/h4-5,10-11,15-16H,1-3,6-9,12-14,20H2,(H,21,23). The first-order valence-corrected chi connectivity index (χ1v) is 9.13. The van der Waals surface area contributed by atoms with Crippen molar-refractivity contribution in [2.24, 2.45) is 11.7 Å². The summed E-state index contributed by atoms with van der Waals surface area (Å²) in [5, 5.41) is 3.14. The van der Waals surface area contributed by atoms with Crippen molar-refractivity contribution >= 4 is 17.3 Å². The molecule has 0 aromatic heterocycles. The lowest BCUT2D eigenvalue weighted by Gasteiger charge is -2.31. The van der Waals surface area contributed by atoms with Gasteiger partial charge in [-0.3, -0.25) is 4.79 Å². The number of carbonyl (C=O) groups is 1. The number of nitrogens with zero attached hydrogens (tertiary/aromatic N) is 1. The van der Waals surface area contributed by atoms with Crippen molar-refractivity contribution < 1.29 is 4.79 Å². The van der Waals surface area contributed by atoms with E-state index in [-0.39, 0.29) is 11.9 Å². The molecule has 4 heteroatoms. The second-order valence-corrected chi connectivity index (χ2v) is 7.03. The number of benzene rings is 1. The number of hydrogen-bond acceptors (Lipinski definition) is 3. The third-order valence-electron chi connectivity index (χ3n) is 5.29. The lowest BCUT2D eigenvalue weighted by atomic mass is 9.83. The first-order valence-electron chi connectivity index (χ1n) is 9.13. The molecule has 4 nitrogen and oxygen atoms in total. The van der Waals surface area contributed by atoms with Gasteiger partial charge >= 0.3 is 0 Å². The van der Waals surface area contributed by atoms with Crippen LogP contribution in [0.3, 0.4) is 0 Å². The molecule has 3 rings (SSSR count). The summed E-state index contributed by atoms with van der Waals surface area (Å²) < 4.78 is 0. The minimum atomic E-state index is 0.108. The second kappa shape index (κ2) is 7.82. The number of hydrogen-bond donors (Lipinski definition) is 2. The highest BCUT2D eigenvalue weighted by Crippen LogP contribution is 2.30. The number of carbonyl (C=O) groups excluding carboxylic acids is 1. The van der Waals surface area contributed by atoms with Crippen LogP contribution in [-0.4, -0.2) is 25.0 Å². The van der Waals surface area contributed by atoms with E-state index in [4.69, 9.17) is 5.73 Å².